The van der Waals surface area contributed by atoms with Crippen molar-refractivity contribution < 1.29 is 14.6 Å². The van der Waals surface area contributed by atoms with Gasteiger partial charge in [0.05, 0.1) is 17.3 Å². The predicted molar refractivity (Wildman–Crippen MR) is 122 cm³/mol. The van der Waals surface area contributed by atoms with Crippen molar-refractivity contribution in [1.82, 2.24) is 5.43 Å². The number of carbonyl (C=O) groups excluding carboxylic acids is 1. The summed E-state index contributed by atoms with van der Waals surface area (Å²) in [6.07, 6.45) is 0. The Morgan fingerprint density at radius 3 is 2.39 bits per heavy atom. The fourth-order valence-electron chi connectivity index (χ4n) is 3.65. The number of esters is 1. The molecule has 0 saturated heterocycles. The van der Waals surface area contributed by atoms with Crippen LogP contribution in [0.3, 0.4) is 0 Å². The van der Waals surface area contributed by atoms with E-state index >= 15 is 0 Å². The molecule has 4 rings (SSSR count). The second-order valence-electron chi connectivity index (χ2n) is 7.36. The number of carbonyl (C=O) groups is 1. The van der Waals surface area contributed by atoms with Gasteiger partial charge in [0.2, 0.25) is 0 Å². The average Bonchev–Trinajstić information content (AvgIpc) is 2.80. The fourth-order valence-corrected chi connectivity index (χ4v) is 3.85. The number of nitrogens with one attached hydrogen (secondary N) is 1. The lowest BCUT2D eigenvalue weighted by Crippen LogP contribution is -2.53. The number of nitrogens with zero attached hydrogens (tertiary/aromatic N) is 1. The van der Waals surface area contributed by atoms with Gasteiger partial charge in [-0.1, -0.05) is 72.3 Å². The number of hydrogen-bond donors (Lipinski definition) is 2. The normalized spacial score (nSPS) is 18.7. The van der Waals surface area contributed by atoms with Gasteiger partial charge in [-0.05, 0) is 42.3 Å². The third kappa shape index (κ3) is 4.58. The van der Waals surface area contributed by atoms with Crippen LogP contribution in [-0.2, 0) is 16.1 Å². The Balaban J connectivity index is 1.70. The van der Waals surface area contributed by atoms with Crippen molar-refractivity contribution in [2.45, 2.75) is 25.6 Å². The van der Waals surface area contributed by atoms with E-state index < -0.39 is 18.1 Å². The van der Waals surface area contributed by atoms with Crippen LogP contribution in [0.15, 0.2) is 96.3 Å². The summed E-state index contributed by atoms with van der Waals surface area (Å²) in [5.74, 6) is -0.607. The van der Waals surface area contributed by atoms with Gasteiger partial charge < -0.3 is 9.84 Å². The van der Waals surface area contributed by atoms with E-state index in [0.717, 1.165) is 16.8 Å². The Morgan fingerprint density at radius 2 is 1.71 bits per heavy atom. The van der Waals surface area contributed by atoms with Crippen molar-refractivity contribution in [2.75, 3.05) is 5.01 Å². The SMILES string of the molecule is C[C@H]1C(O)=C(C(=O)OCc2ccccc2)[C@H](c2cccc(Cl)c2)NN1c1ccccc1. The standard InChI is InChI=1S/C25H23ClN2O3/c1-17-24(29)22(25(30)31-16-18-9-4-2-5-10-18)23(19-11-8-12-20(26)15-19)27-28(17)21-13-6-3-7-14-21/h2-15,17,23,27,29H,16H2,1H3/t17-,23-/m0/s1. The molecule has 0 aliphatic carbocycles. The second-order valence-corrected chi connectivity index (χ2v) is 7.80. The van der Waals surface area contributed by atoms with Gasteiger partial charge in [0.25, 0.3) is 0 Å². The lowest BCUT2D eigenvalue weighted by molar-refractivity contribution is -0.141. The summed E-state index contributed by atoms with van der Waals surface area (Å²) in [6.45, 7) is 1.95. The van der Waals surface area contributed by atoms with E-state index in [-0.39, 0.29) is 17.9 Å². The van der Waals surface area contributed by atoms with Gasteiger partial charge in [-0.15, -0.1) is 0 Å². The predicted octanol–water partition coefficient (Wildman–Crippen LogP) is 5.35. The highest BCUT2D eigenvalue weighted by atomic mass is 35.5. The molecule has 1 heterocycles. The summed E-state index contributed by atoms with van der Waals surface area (Å²) in [5, 5.41) is 13.5. The summed E-state index contributed by atoms with van der Waals surface area (Å²) < 4.78 is 5.56. The lowest BCUT2D eigenvalue weighted by Gasteiger charge is -2.40. The molecular formula is C25H23ClN2O3. The van der Waals surface area contributed by atoms with E-state index in [9.17, 15) is 9.90 Å². The maximum atomic E-state index is 13.1. The van der Waals surface area contributed by atoms with E-state index in [1.54, 1.807) is 12.1 Å². The molecule has 0 aromatic heterocycles. The minimum atomic E-state index is -0.627. The molecule has 3 aromatic rings. The maximum absolute atomic E-state index is 13.1. The summed E-state index contributed by atoms with van der Waals surface area (Å²) in [4.78, 5) is 13.1. The summed E-state index contributed by atoms with van der Waals surface area (Å²) in [5.41, 5.74) is 6.04. The number of hydrazine groups is 1. The van der Waals surface area contributed by atoms with Crippen LogP contribution in [0.1, 0.15) is 24.1 Å². The van der Waals surface area contributed by atoms with Crippen molar-refractivity contribution in [3.05, 3.63) is 112 Å². The number of hydrogen-bond acceptors (Lipinski definition) is 5. The van der Waals surface area contributed by atoms with E-state index in [1.807, 2.05) is 84.7 Å². The van der Waals surface area contributed by atoms with Crippen molar-refractivity contribution in [1.29, 1.82) is 0 Å². The Kier molecular flexibility index (Phi) is 6.26. The Hall–Kier alpha value is -3.28. The van der Waals surface area contributed by atoms with Crippen LogP contribution in [0.2, 0.25) is 5.02 Å². The molecule has 0 radical (unpaired) electrons. The van der Waals surface area contributed by atoms with Crippen molar-refractivity contribution in [3.8, 4) is 0 Å². The molecule has 0 bridgehead atoms. The summed E-state index contributed by atoms with van der Waals surface area (Å²) in [6, 6.07) is 25.2. The first-order valence-corrected chi connectivity index (χ1v) is 10.4. The van der Waals surface area contributed by atoms with Gasteiger partial charge in [0.15, 0.2) is 0 Å². The first-order chi connectivity index (χ1) is 15.0. The smallest absolute Gasteiger partial charge is 0.339 e. The highest BCUT2D eigenvalue weighted by Crippen LogP contribution is 2.35. The molecule has 3 aromatic carbocycles. The van der Waals surface area contributed by atoms with Crippen LogP contribution in [-0.4, -0.2) is 17.1 Å². The van der Waals surface area contributed by atoms with Crippen molar-refractivity contribution in [3.63, 3.8) is 0 Å². The maximum Gasteiger partial charge on any atom is 0.339 e. The van der Waals surface area contributed by atoms with Crippen LogP contribution >= 0.6 is 11.6 Å². The molecule has 0 fully saturated rings. The summed E-state index contributed by atoms with van der Waals surface area (Å²) >= 11 is 6.21. The number of para-hydroxylation sites is 1. The fraction of sp³-hybridized carbons (Fsp3) is 0.160. The third-order valence-electron chi connectivity index (χ3n) is 5.26. The molecule has 0 amide bonds. The number of aliphatic hydroxyl groups is 1. The van der Waals surface area contributed by atoms with Gasteiger partial charge >= 0.3 is 5.97 Å². The summed E-state index contributed by atoms with van der Waals surface area (Å²) in [7, 11) is 0. The van der Waals surface area contributed by atoms with Gasteiger partial charge in [-0.25, -0.2) is 10.2 Å². The van der Waals surface area contributed by atoms with Crippen LogP contribution < -0.4 is 10.4 Å². The van der Waals surface area contributed by atoms with Crippen LogP contribution in [0, 0.1) is 0 Å². The molecule has 0 unspecified atom stereocenters. The molecule has 0 spiro atoms. The van der Waals surface area contributed by atoms with Gasteiger partial charge in [-0.3, -0.25) is 5.01 Å². The molecule has 31 heavy (non-hydrogen) atoms. The topological polar surface area (TPSA) is 61.8 Å². The van der Waals surface area contributed by atoms with Crippen LogP contribution in [0.25, 0.3) is 0 Å². The molecule has 2 N–H and O–H groups in total. The lowest BCUT2D eigenvalue weighted by atomic mass is 9.93. The Bertz CT molecular complexity index is 1090. The van der Waals surface area contributed by atoms with Crippen molar-refractivity contribution in [2.24, 2.45) is 0 Å². The van der Waals surface area contributed by atoms with Crippen molar-refractivity contribution >= 4 is 23.3 Å². The Labute approximate surface area is 186 Å². The number of ether oxygens (including phenoxy) is 1. The quantitative estimate of drug-likeness (QED) is 0.530. The van der Waals surface area contributed by atoms with E-state index in [0.29, 0.717) is 5.02 Å². The monoisotopic (exact) mass is 434 g/mol. The number of aliphatic hydroxyl groups excluding tert-OH is 1. The number of anilines is 1. The number of benzene rings is 3. The van der Waals surface area contributed by atoms with E-state index in [1.165, 1.54) is 0 Å². The minimum Gasteiger partial charge on any atom is -0.509 e. The zero-order valence-electron chi connectivity index (χ0n) is 17.0. The second kappa shape index (κ2) is 9.25. The average molecular weight is 435 g/mol. The third-order valence-corrected chi connectivity index (χ3v) is 5.50. The zero-order valence-corrected chi connectivity index (χ0v) is 17.8. The van der Waals surface area contributed by atoms with Gasteiger partial charge in [0, 0.05) is 5.02 Å². The van der Waals surface area contributed by atoms with E-state index in [2.05, 4.69) is 5.43 Å². The van der Waals surface area contributed by atoms with Gasteiger partial charge in [-0.2, -0.15) is 0 Å². The highest BCUT2D eigenvalue weighted by Gasteiger charge is 2.38. The highest BCUT2D eigenvalue weighted by molar-refractivity contribution is 6.30. The molecule has 5 nitrogen and oxygen atoms in total. The molecule has 158 valence electrons. The first-order valence-electron chi connectivity index (χ1n) is 10.0. The molecule has 2 atom stereocenters. The van der Waals surface area contributed by atoms with E-state index in [4.69, 9.17) is 16.3 Å². The number of rotatable bonds is 5. The molecule has 6 heteroatoms. The molecule has 0 saturated carbocycles. The Morgan fingerprint density at radius 1 is 1.03 bits per heavy atom. The van der Waals surface area contributed by atoms with Gasteiger partial charge in [0.1, 0.15) is 18.4 Å². The molecule has 1 aliphatic rings. The number of halogens is 1. The first kappa shape index (κ1) is 21.0. The largest absolute Gasteiger partial charge is 0.509 e. The van der Waals surface area contributed by atoms with Crippen LogP contribution in [0.4, 0.5) is 5.69 Å². The zero-order chi connectivity index (χ0) is 21.8. The molecule has 1 aliphatic heterocycles. The van der Waals surface area contributed by atoms with Crippen LogP contribution in [0.5, 0.6) is 0 Å². The minimum absolute atomic E-state index is 0.0364. The molecular weight excluding hydrogens is 412 g/mol.